The normalized spacial score (nSPS) is 11.7. The molecule has 0 amide bonds. The van der Waals surface area contributed by atoms with Crippen LogP contribution in [-0.4, -0.2) is 6.10 Å². The van der Waals surface area contributed by atoms with Gasteiger partial charge in [-0.1, -0.05) is 6.92 Å². The van der Waals surface area contributed by atoms with Crippen molar-refractivity contribution in [3.63, 3.8) is 0 Å². The Kier molecular flexibility index (Phi) is 9.36. The molecule has 1 nitrogen and oxygen atoms in total. The van der Waals surface area contributed by atoms with Gasteiger partial charge in [0.25, 0.3) is 0 Å². The third-order valence-electron chi connectivity index (χ3n) is 0.332. The van der Waals surface area contributed by atoms with Gasteiger partial charge in [-0.2, -0.15) is 0 Å². The molecule has 6 heavy (non-hydrogen) atoms. The largest absolute Gasteiger partial charge is 1.00 e. The van der Waals surface area contributed by atoms with Crippen molar-refractivity contribution in [3.05, 3.63) is 12.7 Å². The predicted molar refractivity (Wildman–Crippen MR) is 19.7 cm³/mol. The molecule has 0 bridgehead atoms. The van der Waals surface area contributed by atoms with Crippen LogP contribution in [0.2, 0.25) is 0 Å². The molecule has 1 unspecified atom stereocenters. The van der Waals surface area contributed by atoms with Crippen LogP contribution in [-0.2, 0) is 0 Å². The summed E-state index contributed by atoms with van der Waals surface area (Å²) >= 11 is 0. The third-order valence-corrected chi connectivity index (χ3v) is 0.332. The van der Waals surface area contributed by atoms with Crippen molar-refractivity contribution in [2.24, 2.45) is 0 Å². The van der Waals surface area contributed by atoms with Crippen molar-refractivity contribution in [3.8, 4) is 0 Å². The summed E-state index contributed by atoms with van der Waals surface area (Å²) in [5.74, 6) is 0. The molecule has 30 valence electrons. The first-order chi connectivity index (χ1) is 2.27. The Morgan fingerprint density at radius 2 is 2.00 bits per heavy atom. The van der Waals surface area contributed by atoms with Crippen LogP contribution in [0, 0.1) is 0 Å². The van der Waals surface area contributed by atoms with Crippen molar-refractivity contribution >= 4 is 0 Å². The Labute approximate surface area is 60.4 Å². The summed E-state index contributed by atoms with van der Waals surface area (Å²) in [6.07, 6.45) is 0.759. The van der Waals surface area contributed by atoms with Gasteiger partial charge < -0.3 is 5.11 Å². The van der Waals surface area contributed by atoms with Gasteiger partial charge in [0.1, 0.15) is 0 Å². The molecular formula is C4H7NaO. The topological polar surface area (TPSA) is 23.1 Å². The van der Waals surface area contributed by atoms with Crippen LogP contribution >= 0.6 is 0 Å². The Morgan fingerprint density at radius 1 is 1.83 bits per heavy atom. The molecule has 0 aromatic heterocycles. The number of hydrogen-bond donors (Lipinski definition) is 0. The van der Waals surface area contributed by atoms with Crippen LogP contribution in [0.3, 0.4) is 0 Å². The molecule has 0 aliphatic carbocycles. The van der Waals surface area contributed by atoms with E-state index in [-0.39, 0.29) is 29.6 Å². The fraction of sp³-hybridized carbons (Fsp3) is 0.500. The second-order valence-corrected chi connectivity index (χ2v) is 0.941. The van der Waals surface area contributed by atoms with Crippen molar-refractivity contribution < 1.29 is 34.7 Å². The fourth-order valence-corrected chi connectivity index (χ4v) is 0. The fourth-order valence-electron chi connectivity index (χ4n) is 0. The van der Waals surface area contributed by atoms with Gasteiger partial charge in [0.2, 0.25) is 0 Å². The Bertz CT molecular complexity index is 34.5. The average molecular weight is 94.1 g/mol. The van der Waals surface area contributed by atoms with Crippen molar-refractivity contribution in [2.45, 2.75) is 13.0 Å². The van der Waals surface area contributed by atoms with E-state index < -0.39 is 6.10 Å². The van der Waals surface area contributed by atoms with Gasteiger partial charge in [-0.3, -0.25) is 0 Å². The van der Waals surface area contributed by atoms with Crippen molar-refractivity contribution in [1.82, 2.24) is 0 Å². The molecule has 1 atom stereocenters. The van der Waals surface area contributed by atoms with E-state index in [1.165, 1.54) is 6.08 Å². The first kappa shape index (κ1) is 9.85. The van der Waals surface area contributed by atoms with Crippen LogP contribution in [0.4, 0.5) is 0 Å². The minimum atomic E-state index is -0.602. The Hall–Kier alpha value is 0.700. The summed E-state index contributed by atoms with van der Waals surface area (Å²) in [5, 5.41) is 9.78. The molecule has 0 heterocycles. The second-order valence-electron chi connectivity index (χ2n) is 0.941. The molecular weight excluding hydrogens is 87.0 g/mol. The smallest absolute Gasteiger partial charge is 0.849 e. The van der Waals surface area contributed by atoms with E-state index in [0.717, 1.165) is 0 Å². The molecule has 0 fully saturated rings. The summed E-state index contributed by atoms with van der Waals surface area (Å²) in [5.41, 5.74) is 0. The maximum Gasteiger partial charge on any atom is 1.00 e. The zero-order valence-electron chi connectivity index (χ0n) is 4.27. The molecule has 0 aromatic carbocycles. The Morgan fingerprint density at radius 3 is 2.00 bits per heavy atom. The summed E-state index contributed by atoms with van der Waals surface area (Å²) in [7, 11) is 0. The van der Waals surface area contributed by atoms with Crippen LogP contribution in [0.15, 0.2) is 12.7 Å². The standard InChI is InChI=1S/C4H7O.Na/c1-3-4(2)5;/h3-4H,1H2,2H3;/q-1;+1. The summed E-state index contributed by atoms with van der Waals surface area (Å²) in [4.78, 5) is 0. The Balaban J connectivity index is 0. The molecule has 0 saturated carbocycles. The van der Waals surface area contributed by atoms with E-state index in [1.807, 2.05) is 0 Å². The zero-order chi connectivity index (χ0) is 4.28. The average Bonchev–Trinajstić information content (AvgIpc) is 1.38. The van der Waals surface area contributed by atoms with E-state index in [9.17, 15) is 5.11 Å². The first-order valence-electron chi connectivity index (χ1n) is 1.55. The van der Waals surface area contributed by atoms with Crippen LogP contribution in [0.5, 0.6) is 0 Å². The van der Waals surface area contributed by atoms with Gasteiger partial charge >= 0.3 is 29.6 Å². The van der Waals surface area contributed by atoms with Gasteiger partial charge in [0.15, 0.2) is 0 Å². The monoisotopic (exact) mass is 94.0 g/mol. The van der Waals surface area contributed by atoms with Crippen LogP contribution < -0.4 is 34.7 Å². The summed E-state index contributed by atoms with van der Waals surface area (Å²) in [6.45, 7) is 4.80. The van der Waals surface area contributed by atoms with Gasteiger partial charge in [-0.25, -0.2) is 0 Å². The molecule has 0 radical (unpaired) electrons. The van der Waals surface area contributed by atoms with Gasteiger partial charge in [0.05, 0.1) is 0 Å². The van der Waals surface area contributed by atoms with Crippen LogP contribution in [0.25, 0.3) is 0 Å². The minimum Gasteiger partial charge on any atom is -0.849 e. The van der Waals surface area contributed by atoms with E-state index in [2.05, 4.69) is 6.58 Å². The van der Waals surface area contributed by atoms with E-state index in [1.54, 1.807) is 6.92 Å². The van der Waals surface area contributed by atoms with E-state index in [4.69, 9.17) is 0 Å². The molecule has 2 heteroatoms. The maximum absolute atomic E-state index is 9.78. The quantitative estimate of drug-likeness (QED) is 0.250. The van der Waals surface area contributed by atoms with Gasteiger partial charge in [0, 0.05) is 0 Å². The molecule has 0 aliphatic heterocycles. The van der Waals surface area contributed by atoms with Crippen molar-refractivity contribution in [2.75, 3.05) is 0 Å². The summed E-state index contributed by atoms with van der Waals surface area (Å²) in [6, 6.07) is 0. The van der Waals surface area contributed by atoms with Gasteiger partial charge in [-0.15, -0.1) is 18.8 Å². The minimum absolute atomic E-state index is 0. The third kappa shape index (κ3) is 8.83. The van der Waals surface area contributed by atoms with E-state index in [0.29, 0.717) is 0 Å². The molecule has 0 aromatic rings. The van der Waals surface area contributed by atoms with Crippen LogP contribution in [0.1, 0.15) is 6.92 Å². The molecule has 0 saturated heterocycles. The maximum atomic E-state index is 9.78. The zero-order valence-corrected chi connectivity index (χ0v) is 6.27. The second kappa shape index (κ2) is 5.70. The molecule has 0 aliphatic rings. The van der Waals surface area contributed by atoms with Crippen molar-refractivity contribution in [1.29, 1.82) is 0 Å². The number of rotatable bonds is 1. The number of hydrogen-bond acceptors (Lipinski definition) is 1. The first-order valence-corrected chi connectivity index (χ1v) is 1.55. The SMILES string of the molecule is C=CC(C)[O-].[Na+]. The summed E-state index contributed by atoms with van der Waals surface area (Å²) < 4.78 is 0. The molecule has 0 spiro atoms. The predicted octanol–water partition coefficient (Wildman–Crippen LogP) is -3.07. The molecule has 0 rings (SSSR count). The van der Waals surface area contributed by atoms with E-state index >= 15 is 0 Å². The van der Waals surface area contributed by atoms with Gasteiger partial charge in [-0.05, 0) is 0 Å². The molecule has 0 N–H and O–H groups in total.